The minimum Gasteiger partial charge on any atom is -0.369 e. The number of ether oxygens (including phenoxy) is 1. The largest absolute Gasteiger partial charge is 0.369 e. The van der Waals surface area contributed by atoms with E-state index in [4.69, 9.17) is 30.1 Å². The highest BCUT2D eigenvalue weighted by Crippen LogP contribution is 2.56. The lowest BCUT2D eigenvalue weighted by atomic mass is 10.2. The summed E-state index contributed by atoms with van der Waals surface area (Å²) in [6.07, 6.45) is 4.16. The molecular formula is C16H21N6O5PS. The lowest BCUT2D eigenvalue weighted by Gasteiger charge is -2.32. The molecule has 2 saturated heterocycles. The van der Waals surface area contributed by atoms with Crippen molar-refractivity contribution in [2.45, 2.75) is 24.9 Å². The van der Waals surface area contributed by atoms with Crippen molar-refractivity contribution in [1.29, 1.82) is 0 Å². The van der Waals surface area contributed by atoms with Gasteiger partial charge in [-0.25, -0.2) is 9.98 Å². The maximum absolute atomic E-state index is 12.3. The van der Waals surface area contributed by atoms with Crippen LogP contribution in [0, 0.1) is 0 Å². The maximum Gasteiger partial charge on any atom is 0.327 e. The summed E-state index contributed by atoms with van der Waals surface area (Å²) in [4.78, 5) is 29.4. The summed E-state index contributed by atoms with van der Waals surface area (Å²) < 4.78 is 24.8. The van der Waals surface area contributed by atoms with Crippen LogP contribution in [-0.2, 0) is 30.1 Å². The van der Waals surface area contributed by atoms with Gasteiger partial charge in [0.15, 0.2) is 11.2 Å². The first kappa shape index (κ1) is 20.3. The van der Waals surface area contributed by atoms with Gasteiger partial charge in [-0.05, 0) is 11.8 Å². The van der Waals surface area contributed by atoms with Crippen LogP contribution in [-0.4, -0.2) is 70.3 Å². The normalized spacial score (nSPS) is 29.4. The van der Waals surface area contributed by atoms with Gasteiger partial charge in [-0.3, -0.25) is 14.3 Å². The first-order valence-electron chi connectivity index (χ1n) is 8.90. The zero-order chi connectivity index (χ0) is 20.6. The molecule has 156 valence electrons. The topological polar surface area (TPSA) is 116 Å². The van der Waals surface area contributed by atoms with Gasteiger partial charge in [0.25, 0.3) is 5.56 Å². The number of hydrogen-bond donors (Lipinski definition) is 1. The molecule has 4 rings (SSSR count). The molecule has 0 aliphatic carbocycles. The van der Waals surface area contributed by atoms with Gasteiger partial charge < -0.3 is 23.2 Å². The SMILES string of the molecule is C=CCOP1(=S)OC[C@H]2O[C@@H](n3cnc4c(=O)[nH]c(N=CN(C)C)nc43)CC2O1. The zero-order valence-electron chi connectivity index (χ0n) is 15.9. The van der Waals surface area contributed by atoms with Crippen molar-refractivity contribution in [2.24, 2.45) is 4.99 Å². The number of aliphatic imine (C=N–C) groups is 1. The van der Waals surface area contributed by atoms with Crippen molar-refractivity contribution in [1.82, 2.24) is 24.4 Å². The van der Waals surface area contributed by atoms with Crippen molar-refractivity contribution in [3.8, 4) is 0 Å². The molecule has 2 fully saturated rings. The number of nitrogens with zero attached hydrogens (tertiary/aromatic N) is 5. The Hall–Kier alpha value is -1.95. The van der Waals surface area contributed by atoms with E-state index in [1.807, 2.05) is 14.1 Å². The number of hydrogen-bond acceptors (Lipinski definition) is 9. The Morgan fingerprint density at radius 3 is 3.14 bits per heavy atom. The second-order valence-corrected chi connectivity index (χ2v) is 9.72. The second-order valence-electron chi connectivity index (χ2n) is 6.76. The average Bonchev–Trinajstić information content (AvgIpc) is 3.28. The molecule has 4 heterocycles. The lowest BCUT2D eigenvalue weighted by molar-refractivity contribution is -0.0603. The Bertz CT molecular complexity index is 1050. The Balaban J connectivity index is 1.59. The van der Waals surface area contributed by atoms with E-state index in [0.717, 1.165) is 0 Å². The fraction of sp³-hybridized carbons (Fsp3) is 0.500. The summed E-state index contributed by atoms with van der Waals surface area (Å²) in [5.41, 5.74) is 0.221. The van der Waals surface area contributed by atoms with Crippen molar-refractivity contribution in [2.75, 3.05) is 27.3 Å². The zero-order valence-corrected chi connectivity index (χ0v) is 17.6. The number of aromatic amines is 1. The number of imidazole rings is 1. The molecule has 2 aromatic heterocycles. The third-order valence-corrected chi connectivity index (χ3v) is 6.68. The molecule has 2 aliphatic heterocycles. The molecule has 0 radical (unpaired) electrons. The predicted molar refractivity (Wildman–Crippen MR) is 110 cm³/mol. The van der Waals surface area contributed by atoms with Crippen LogP contribution >= 0.6 is 6.72 Å². The van der Waals surface area contributed by atoms with Crippen LogP contribution in [0.2, 0.25) is 0 Å². The Morgan fingerprint density at radius 1 is 1.55 bits per heavy atom. The molecule has 2 aliphatic rings. The highest BCUT2D eigenvalue weighted by Gasteiger charge is 2.45. The maximum atomic E-state index is 12.3. The first-order valence-corrected chi connectivity index (χ1v) is 11.5. The van der Waals surface area contributed by atoms with Gasteiger partial charge in [-0.15, -0.1) is 6.58 Å². The van der Waals surface area contributed by atoms with Gasteiger partial charge in [0.2, 0.25) is 5.95 Å². The molecule has 0 aromatic carbocycles. The van der Waals surface area contributed by atoms with Crippen LogP contribution in [0.3, 0.4) is 0 Å². The molecule has 0 saturated carbocycles. The lowest BCUT2D eigenvalue weighted by Crippen LogP contribution is -2.33. The van der Waals surface area contributed by atoms with E-state index in [9.17, 15) is 4.79 Å². The van der Waals surface area contributed by atoms with Crippen LogP contribution < -0.4 is 5.56 Å². The summed E-state index contributed by atoms with van der Waals surface area (Å²) in [7, 11) is 3.64. The van der Waals surface area contributed by atoms with Crippen molar-refractivity contribution >= 4 is 42.0 Å². The number of fused-ring (bicyclic) bond motifs is 2. The first-order chi connectivity index (χ1) is 13.9. The standard InChI is InChI=1S/C16H21N6O5PS/c1-4-5-24-28(29)25-7-11-10(27-28)6-12(26-11)22-9-17-13-14(22)19-16(20-15(13)23)18-8-21(2)3/h4,8-12H,1,5-7H2,2-3H3,(H,19,20,23)/t10?,11-,12-,28?/m1/s1. The summed E-state index contributed by atoms with van der Waals surface area (Å²) in [6, 6.07) is 0. The fourth-order valence-electron chi connectivity index (χ4n) is 3.06. The Kier molecular flexibility index (Phi) is 5.65. The van der Waals surface area contributed by atoms with E-state index >= 15 is 0 Å². The highest BCUT2D eigenvalue weighted by molar-refractivity contribution is 8.07. The predicted octanol–water partition coefficient (Wildman–Crippen LogP) is 1.47. The molecule has 1 N–H and O–H groups in total. The van der Waals surface area contributed by atoms with E-state index in [2.05, 4.69) is 26.5 Å². The highest BCUT2D eigenvalue weighted by atomic mass is 32.5. The molecule has 0 amide bonds. The molecule has 11 nitrogen and oxygen atoms in total. The van der Waals surface area contributed by atoms with E-state index in [0.29, 0.717) is 12.1 Å². The smallest absolute Gasteiger partial charge is 0.327 e. The molecule has 2 unspecified atom stereocenters. The minimum atomic E-state index is -2.82. The van der Waals surface area contributed by atoms with Gasteiger partial charge in [0.1, 0.15) is 12.3 Å². The number of nitrogens with one attached hydrogen (secondary N) is 1. The van der Waals surface area contributed by atoms with Crippen molar-refractivity contribution < 1.29 is 18.3 Å². The third-order valence-electron chi connectivity index (χ3n) is 4.33. The van der Waals surface area contributed by atoms with Gasteiger partial charge in [-0.1, -0.05) is 6.08 Å². The molecule has 2 aromatic rings. The van der Waals surface area contributed by atoms with Crippen molar-refractivity contribution in [3.05, 3.63) is 29.3 Å². The van der Waals surface area contributed by atoms with Crippen LogP contribution in [0.5, 0.6) is 0 Å². The monoisotopic (exact) mass is 440 g/mol. The Morgan fingerprint density at radius 2 is 2.38 bits per heavy atom. The molecule has 29 heavy (non-hydrogen) atoms. The van der Waals surface area contributed by atoms with Crippen LogP contribution in [0.15, 0.2) is 28.8 Å². The summed E-state index contributed by atoms with van der Waals surface area (Å²) in [5, 5.41) is 0. The van der Waals surface area contributed by atoms with Crippen LogP contribution in [0.4, 0.5) is 5.95 Å². The van der Waals surface area contributed by atoms with Crippen LogP contribution in [0.1, 0.15) is 12.6 Å². The quantitative estimate of drug-likeness (QED) is 0.308. The summed E-state index contributed by atoms with van der Waals surface area (Å²) in [6.45, 7) is 1.31. The van der Waals surface area contributed by atoms with Crippen LogP contribution in [0.25, 0.3) is 11.2 Å². The summed E-state index contributed by atoms with van der Waals surface area (Å²) in [5.74, 6) is 0.182. The number of rotatable bonds is 6. The van der Waals surface area contributed by atoms with Gasteiger partial charge in [0.05, 0.1) is 32.0 Å². The van der Waals surface area contributed by atoms with Gasteiger partial charge in [-0.2, -0.15) is 4.98 Å². The van der Waals surface area contributed by atoms with Crippen molar-refractivity contribution in [3.63, 3.8) is 0 Å². The van der Waals surface area contributed by atoms with Gasteiger partial charge in [0, 0.05) is 20.5 Å². The average molecular weight is 440 g/mol. The fourth-order valence-corrected chi connectivity index (χ4v) is 5.13. The van der Waals surface area contributed by atoms with Gasteiger partial charge >= 0.3 is 6.72 Å². The molecular weight excluding hydrogens is 419 g/mol. The molecule has 0 spiro atoms. The molecule has 0 bridgehead atoms. The van der Waals surface area contributed by atoms with E-state index in [-0.39, 0.29) is 42.4 Å². The minimum absolute atomic E-state index is 0.182. The number of aromatic nitrogens is 4. The molecule has 13 heteroatoms. The number of H-pyrrole nitrogens is 1. The van der Waals surface area contributed by atoms with E-state index in [1.54, 1.807) is 21.9 Å². The third kappa shape index (κ3) is 4.18. The Labute approximate surface area is 171 Å². The molecule has 4 atom stereocenters. The van der Waals surface area contributed by atoms with E-state index < -0.39 is 12.9 Å². The second kappa shape index (κ2) is 8.05. The van der Waals surface area contributed by atoms with E-state index in [1.165, 1.54) is 6.33 Å². The summed E-state index contributed by atoms with van der Waals surface area (Å²) >= 11 is 5.39.